The molecule has 0 radical (unpaired) electrons. The second kappa shape index (κ2) is 3.44. The molecular weight excluding hydrogens is 197 g/mol. The molecule has 0 saturated heterocycles. The summed E-state index contributed by atoms with van der Waals surface area (Å²) in [6, 6.07) is 2.88. The van der Waals surface area contributed by atoms with Gasteiger partial charge in [-0.25, -0.2) is 4.39 Å². The molecule has 0 fully saturated rings. The van der Waals surface area contributed by atoms with Gasteiger partial charge in [-0.05, 0) is 19.1 Å². The smallest absolute Gasteiger partial charge is 0.141 e. The summed E-state index contributed by atoms with van der Waals surface area (Å²) in [7, 11) is -1.77. The Labute approximate surface area is 84.8 Å². The van der Waals surface area contributed by atoms with Gasteiger partial charge in [0.2, 0.25) is 0 Å². The molecule has 14 heavy (non-hydrogen) atoms. The van der Waals surface area contributed by atoms with Crippen LogP contribution < -0.4 is 0 Å². The molecule has 0 aliphatic heterocycles. The molecule has 0 aliphatic rings. The molecule has 0 saturated carbocycles. The van der Waals surface area contributed by atoms with Gasteiger partial charge in [0.15, 0.2) is 0 Å². The van der Waals surface area contributed by atoms with Gasteiger partial charge in [-0.1, -0.05) is 19.6 Å². The van der Waals surface area contributed by atoms with Crippen LogP contribution in [-0.2, 0) is 5.22 Å². The van der Waals surface area contributed by atoms with Gasteiger partial charge >= 0.3 is 0 Å². The summed E-state index contributed by atoms with van der Waals surface area (Å²) >= 11 is 0. The fraction of sp³-hybridized carbons (Fsp3) is 0.500. The minimum Gasteiger partial charge on any atom is -0.388 e. The fourth-order valence-corrected chi connectivity index (χ4v) is 1.96. The van der Waals surface area contributed by atoms with E-state index in [0.29, 0.717) is 5.69 Å². The molecule has 0 spiro atoms. The first-order chi connectivity index (χ1) is 6.25. The quantitative estimate of drug-likeness (QED) is 0.765. The lowest BCUT2D eigenvalue weighted by Crippen LogP contribution is -2.47. The van der Waals surface area contributed by atoms with Crippen molar-refractivity contribution in [3.63, 3.8) is 0 Å². The number of aromatic nitrogens is 1. The van der Waals surface area contributed by atoms with Crippen molar-refractivity contribution >= 4 is 8.07 Å². The van der Waals surface area contributed by atoms with Crippen molar-refractivity contribution in [3.8, 4) is 0 Å². The van der Waals surface area contributed by atoms with Crippen LogP contribution in [0.5, 0.6) is 0 Å². The zero-order valence-electron chi connectivity index (χ0n) is 9.00. The van der Waals surface area contributed by atoms with Gasteiger partial charge in [0, 0.05) is 0 Å². The van der Waals surface area contributed by atoms with E-state index in [4.69, 9.17) is 0 Å². The van der Waals surface area contributed by atoms with Crippen molar-refractivity contribution in [1.82, 2.24) is 4.98 Å². The first-order valence-corrected chi connectivity index (χ1v) is 8.09. The van der Waals surface area contributed by atoms with Crippen LogP contribution in [0, 0.1) is 5.82 Å². The molecule has 1 rings (SSSR count). The summed E-state index contributed by atoms with van der Waals surface area (Å²) in [5.74, 6) is -0.375. The van der Waals surface area contributed by atoms with Crippen LogP contribution in [0.2, 0.25) is 19.6 Å². The van der Waals surface area contributed by atoms with E-state index >= 15 is 0 Å². The Balaban J connectivity index is 3.10. The molecule has 1 heterocycles. The lowest BCUT2D eigenvalue weighted by molar-refractivity contribution is 0.131. The lowest BCUT2D eigenvalue weighted by Gasteiger charge is -2.34. The Morgan fingerprint density at radius 2 is 1.93 bits per heavy atom. The average Bonchev–Trinajstić information content (AvgIpc) is 2.03. The monoisotopic (exact) mass is 213 g/mol. The van der Waals surface area contributed by atoms with Crippen LogP contribution in [0.3, 0.4) is 0 Å². The van der Waals surface area contributed by atoms with Gasteiger partial charge < -0.3 is 5.11 Å². The van der Waals surface area contributed by atoms with Crippen molar-refractivity contribution in [2.75, 3.05) is 0 Å². The van der Waals surface area contributed by atoms with E-state index in [-0.39, 0.29) is 5.82 Å². The third kappa shape index (κ3) is 2.01. The predicted octanol–water partition coefficient (Wildman–Crippen LogP) is 2.31. The Morgan fingerprint density at radius 1 is 1.36 bits per heavy atom. The van der Waals surface area contributed by atoms with Crippen molar-refractivity contribution in [3.05, 3.63) is 29.8 Å². The Morgan fingerprint density at radius 3 is 2.29 bits per heavy atom. The zero-order chi connectivity index (χ0) is 11.0. The van der Waals surface area contributed by atoms with E-state index in [2.05, 4.69) is 24.6 Å². The van der Waals surface area contributed by atoms with Crippen LogP contribution in [0.1, 0.15) is 12.6 Å². The van der Waals surface area contributed by atoms with E-state index in [1.807, 2.05) is 0 Å². The largest absolute Gasteiger partial charge is 0.388 e. The average molecular weight is 213 g/mol. The maximum atomic E-state index is 12.6. The number of pyridine rings is 1. The molecule has 0 amide bonds. The zero-order valence-corrected chi connectivity index (χ0v) is 10.0. The molecule has 4 heteroatoms. The fourth-order valence-electron chi connectivity index (χ4n) is 1.05. The van der Waals surface area contributed by atoms with Gasteiger partial charge in [0.25, 0.3) is 0 Å². The molecule has 0 bridgehead atoms. The van der Waals surface area contributed by atoms with Crippen LogP contribution in [0.25, 0.3) is 0 Å². The van der Waals surface area contributed by atoms with E-state index in [1.165, 1.54) is 6.07 Å². The number of rotatable bonds is 2. The molecular formula is C10H16FNOSi. The van der Waals surface area contributed by atoms with Crippen molar-refractivity contribution in [2.24, 2.45) is 0 Å². The number of hydrogen-bond acceptors (Lipinski definition) is 2. The van der Waals surface area contributed by atoms with Crippen molar-refractivity contribution in [1.29, 1.82) is 0 Å². The molecule has 0 aromatic carbocycles. The van der Waals surface area contributed by atoms with Crippen LogP contribution in [0.4, 0.5) is 4.39 Å². The van der Waals surface area contributed by atoms with E-state index in [9.17, 15) is 9.50 Å². The summed E-state index contributed by atoms with van der Waals surface area (Å²) in [6.45, 7) is 7.91. The highest BCUT2D eigenvalue weighted by atomic mass is 28.3. The first kappa shape index (κ1) is 11.3. The molecule has 0 aliphatic carbocycles. The number of halogens is 1. The second-order valence-corrected chi connectivity index (χ2v) is 10.2. The lowest BCUT2D eigenvalue weighted by atomic mass is 10.2. The van der Waals surface area contributed by atoms with Gasteiger partial charge in [0.1, 0.15) is 5.82 Å². The van der Waals surface area contributed by atoms with Crippen molar-refractivity contribution in [2.45, 2.75) is 31.8 Å². The van der Waals surface area contributed by atoms with E-state index in [1.54, 1.807) is 13.0 Å². The number of aliphatic hydroxyl groups is 1. The SMILES string of the molecule is CC(O)(c1ccc(F)cn1)[Si](C)(C)C. The minimum atomic E-state index is -1.77. The highest BCUT2D eigenvalue weighted by Gasteiger charge is 2.39. The van der Waals surface area contributed by atoms with E-state index in [0.717, 1.165) is 6.20 Å². The maximum absolute atomic E-state index is 12.6. The molecule has 1 aromatic rings. The van der Waals surface area contributed by atoms with Gasteiger partial charge in [-0.15, -0.1) is 0 Å². The Kier molecular flexibility index (Phi) is 2.78. The Bertz CT molecular complexity index is 316. The topological polar surface area (TPSA) is 33.1 Å². The molecule has 1 atom stereocenters. The molecule has 2 nitrogen and oxygen atoms in total. The van der Waals surface area contributed by atoms with Crippen molar-refractivity contribution < 1.29 is 9.50 Å². The first-order valence-electron chi connectivity index (χ1n) is 4.59. The van der Waals surface area contributed by atoms with Gasteiger partial charge in [-0.2, -0.15) is 0 Å². The summed E-state index contributed by atoms with van der Waals surface area (Å²) in [4.78, 5) is 3.93. The standard InChI is InChI=1S/C10H16FNOSi/c1-10(13,14(2,3)4)9-6-5-8(11)7-12-9/h5-7,13H,1-4H3. The summed E-state index contributed by atoms with van der Waals surface area (Å²) < 4.78 is 12.6. The molecule has 1 unspecified atom stereocenters. The number of hydrogen-bond donors (Lipinski definition) is 1. The van der Waals surface area contributed by atoms with Gasteiger partial charge in [-0.3, -0.25) is 4.98 Å². The molecule has 1 N–H and O–H groups in total. The Hall–Kier alpha value is -0.743. The highest BCUT2D eigenvalue weighted by molar-refractivity contribution is 6.78. The summed E-state index contributed by atoms with van der Waals surface area (Å²) in [5.41, 5.74) is 0.554. The van der Waals surface area contributed by atoms with Crippen LogP contribution >= 0.6 is 0 Å². The highest BCUT2D eigenvalue weighted by Crippen LogP contribution is 2.29. The molecule has 1 aromatic heterocycles. The third-order valence-electron chi connectivity index (χ3n) is 2.69. The number of nitrogens with zero attached hydrogens (tertiary/aromatic N) is 1. The minimum absolute atomic E-state index is 0.375. The van der Waals surface area contributed by atoms with E-state index < -0.39 is 13.3 Å². The predicted molar refractivity (Wildman–Crippen MR) is 57.1 cm³/mol. The second-order valence-electron chi connectivity index (χ2n) is 4.68. The summed E-state index contributed by atoms with van der Waals surface area (Å²) in [5, 5.41) is 9.37. The maximum Gasteiger partial charge on any atom is 0.141 e. The van der Waals surface area contributed by atoms with Gasteiger partial charge in [0.05, 0.1) is 25.2 Å². The molecule has 78 valence electrons. The van der Waals surface area contributed by atoms with Crippen LogP contribution in [0.15, 0.2) is 18.3 Å². The summed E-state index contributed by atoms with van der Waals surface area (Å²) in [6.07, 6.45) is 1.14. The van der Waals surface area contributed by atoms with Crippen LogP contribution in [-0.4, -0.2) is 18.2 Å². The third-order valence-corrected chi connectivity index (χ3v) is 5.86. The normalized spacial score (nSPS) is 16.4.